The predicted molar refractivity (Wildman–Crippen MR) is 65.0 cm³/mol. The average Bonchev–Trinajstić information content (AvgIpc) is 2.26. The number of hydrogen-bond donors (Lipinski definition) is 1. The van der Waals surface area contributed by atoms with Crippen molar-refractivity contribution < 1.29 is 4.74 Å². The molecule has 0 bridgehead atoms. The maximum Gasteiger partial charge on any atom is 0.137 e. The van der Waals surface area contributed by atoms with Gasteiger partial charge >= 0.3 is 0 Å². The number of aryl methyl sites for hydroxylation is 1. The normalized spacial score (nSPS) is 10.4. The molecule has 1 aromatic rings. The maximum atomic E-state index is 6.09. The smallest absolute Gasteiger partial charge is 0.137 e. The second kappa shape index (κ2) is 5.99. The SMILES string of the molecule is CCc1cc(OC)c(Cl)cc1CCNC. The van der Waals surface area contributed by atoms with Crippen LogP contribution in [-0.2, 0) is 12.8 Å². The molecule has 0 aliphatic heterocycles. The molecule has 0 aliphatic rings. The molecule has 0 spiro atoms. The number of hydrogen-bond acceptors (Lipinski definition) is 2. The highest BCUT2D eigenvalue weighted by Gasteiger charge is 2.07. The van der Waals surface area contributed by atoms with E-state index in [0.29, 0.717) is 5.02 Å². The van der Waals surface area contributed by atoms with Crippen molar-refractivity contribution in [2.75, 3.05) is 20.7 Å². The Balaban J connectivity index is 2.98. The lowest BCUT2D eigenvalue weighted by atomic mass is 10.0. The predicted octanol–water partition coefficient (Wildman–Crippen LogP) is 2.67. The molecule has 1 N–H and O–H groups in total. The molecular weight excluding hydrogens is 210 g/mol. The number of benzene rings is 1. The standard InChI is InChI=1S/C12H18ClNO/c1-4-9-8-12(15-3)11(13)7-10(9)5-6-14-2/h7-8,14H,4-6H2,1-3H3. The monoisotopic (exact) mass is 227 g/mol. The first kappa shape index (κ1) is 12.3. The van der Waals surface area contributed by atoms with Gasteiger partial charge in [-0.2, -0.15) is 0 Å². The summed E-state index contributed by atoms with van der Waals surface area (Å²) >= 11 is 6.09. The van der Waals surface area contributed by atoms with E-state index in [4.69, 9.17) is 16.3 Å². The van der Waals surface area contributed by atoms with Crippen molar-refractivity contribution in [1.29, 1.82) is 0 Å². The van der Waals surface area contributed by atoms with E-state index in [9.17, 15) is 0 Å². The highest BCUT2D eigenvalue weighted by Crippen LogP contribution is 2.28. The van der Waals surface area contributed by atoms with Crippen molar-refractivity contribution in [2.24, 2.45) is 0 Å². The topological polar surface area (TPSA) is 21.3 Å². The molecule has 0 saturated heterocycles. The lowest BCUT2D eigenvalue weighted by molar-refractivity contribution is 0.414. The van der Waals surface area contributed by atoms with Gasteiger partial charge < -0.3 is 10.1 Å². The van der Waals surface area contributed by atoms with Crippen LogP contribution in [0.1, 0.15) is 18.1 Å². The summed E-state index contributed by atoms with van der Waals surface area (Å²) in [5, 5.41) is 3.84. The quantitative estimate of drug-likeness (QED) is 0.835. The zero-order valence-corrected chi connectivity index (χ0v) is 10.3. The summed E-state index contributed by atoms with van der Waals surface area (Å²) < 4.78 is 5.20. The van der Waals surface area contributed by atoms with E-state index in [1.807, 2.05) is 19.2 Å². The van der Waals surface area contributed by atoms with Crippen LogP contribution in [0.3, 0.4) is 0 Å². The third kappa shape index (κ3) is 3.11. The Bertz CT molecular complexity index is 326. The second-order valence-electron chi connectivity index (χ2n) is 3.46. The van der Waals surface area contributed by atoms with E-state index in [-0.39, 0.29) is 0 Å². The molecule has 0 saturated carbocycles. The van der Waals surface area contributed by atoms with Gasteiger partial charge in [-0.25, -0.2) is 0 Å². The zero-order chi connectivity index (χ0) is 11.3. The molecule has 0 fully saturated rings. The summed E-state index contributed by atoms with van der Waals surface area (Å²) in [6.45, 7) is 3.11. The summed E-state index contributed by atoms with van der Waals surface area (Å²) in [6.07, 6.45) is 2.01. The first-order valence-corrected chi connectivity index (χ1v) is 5.60. The van der Waals surface area contributed by atoms with Crippen molar-refractivity contribution in [3.8, 4) is 5.75 Å². The third-order valence-corrected chi connectivity index (χ3v) is 2.79. The van der Waals surface area contributed by atoms with Crippen LogP contribution in [0.15, 0.2) is 12.1 Å². The Morgan fingerprint density at radius 1 is 1.33 bits per heavy atom. The minimum Gasteiger partial charge on any atom is -0.495 e. The van der Waals surface area contributed by atoms with Gasteiger partial charge in [0.2, 0.25) is 0 Å². The molecule has 1 aromatic carbocycles. The summed E-state index contributed by atoms with van der Waals surface area (Å²) in [5.41, 5.74) is 2.61. The number of nitrogens with one attached hydrogen (secondary N) is 1. The maximum absolute atomic E-state index is 6.09. The molecule has 1 rings (SSSR count). The number of likely N-dealkylation sites (N-methyl/N-ethyl adjacent to an activating group) is 1. The molecule has 0 unspecified atom stereocenters. The fraction of sp³-hybridized carbons (Fsp3) is 0.500. The van der Waals surface area contributed by atoms with Gasteiger partial charge in [0, 0.05) is 0 Å². The fourth-order valence-corrected chi connectivity index (χ4v) is 1.88. The molecule has 0 radical (unpaired) electrons. The van der Waals surface area contributed by atoms with Gasteiger partial charge in [0.05, 0.1) is 12.1 Å². The van der Waals surface area contributed by atoms with Gasteiger partial charge in [0.25, 0.3) is 0 Å². The van der Waals surface area contributed by atoms with Gasteiger partial charge in [-0.15, -0.1) is 0 Å². The highest BCUT2D eigenvalue weighted by molar-refractivity contribution is 6.32. The van der Waals surface area contributed by atoms with E-state index >= 15 is 0 Å². The molecule has 3 heteroatoms. The van der Waals surface area contributed by atoms with Gasteiger partial charge in [-0.3, -0.25) is 0 Å². The van der Waals surface area contributed by atoms with Gasteiger partial charge in [0.15, 0.2) is 0 Å². The van der Waals surface area contributed by atoms with Crippen LogP contribution in [-0.4, -0.2) is 20.7 Å². The minimum absolute atomic E-state index is 0.695. The summed E-state index contributed by atoms with van der Waals surface area (Å²) in [5.74, 6) is 0.765. The van der Waals surface area contributed by atoms with Crippen molar-refractivity contribution in [1.82, 2.24) is 5.32 Å². The number of ether oxygens (including phenoxy) is 1. The number of rotatable bonds is 5. The van der Waals surface area contributed by atoms with Crippen molar-refractivity contribution >= 4 is 11.6 Å². The van der Waals surface area contributed by atoms with Crippen LogP contribution in [0, 0.1) is 0 Å². The molecule has 2 nitrogen and oxygen atoms in total. The van der Waals surface area contributed by atoms with Crippen molar-refractivity contribution in [3.05, 3.63) is 28.3 Å². The molecule has 15 heavy (non-hydrogen) atoms. The van der Waals surface area contributed by atoms with E-state index in [1.165, 1.54) is 11.1 Å². The Kier molecular flexibility index (Phi) is 4.92. The number of halogens is 1. The Labute approximate surface area is 96.6 Å². The lowest BCUT2D eigenvalue weighted by Gasteiger charge is -2.11. The van der Waals surface area contributed by atoms with Crippen LogP contribution < -0.4 is 10.1 Å². The van der Waals surface area contributed by atoms with Crippen LogP contribution in [0.4, 0.5) is 0 Å². The molecule has 0 amide bonds. The van der Waals surface area contributed by atoms with Crippen LogP contribution in [0.2, 0.25) is 5.02 Å². The van der Waals surface area contributed by atoms with E-state index in [0.717, 1.165) is 25.1 Å². The Morgan fingerprint density at radius 3 is 2.60 bits per heavy atom. The fourth-order valence-electron chi connectivity index (χ4n) is 1.61. The van der Waals surface area contributed by atoms with Gasteiger partial charge in [-0.1, -0.05) is 18.5 Å². The minimum atomic E-state index is 0.695. The molecular formula is C12H18ClNO. The first-order valence-electron chi connectivity index (χ1n) is 5.22. The van der Waals surface area contributed by atoms with E-state index in [2.05, 4.69) is 12.2 Å². The lowest BCUT2D eigenvalue weighted by Crippen LogP contribution is -2.11. The molecule has 0 heterocycles. The van der Waals surface area contributed by atoms with Crippen molar-refractivity contribution in [2.45, 2.75) is 19.8 Å². The molecule has 84 valence electrons. The third-order valence-electron chi connectivity index (χ3n) is 2.50. The van der Waals surface area contributed by atoms with Crippen LogP contribution in [0.25, 0.3) is 0 Å². The first-order chi connectivity index (χ1) is 7.22. The van der Waals surface area contributed by atoms with E-state index in [1.54, 1.807) is 7.11 Å². The van der Waals surface area contributed by atoms with Crippen LogP contribution in [0.5, 0.6) is 5.75 Å². The summed E-state index contributed by atoms with van der Waals surface area (Å²) in [7, 11) is 3.60. The zero-order valence-electron chi connectivity index (χ0n) is 9.56. The largest absolute Gasteiger partial charge is 0.495 e. The van der Waals surface area contributed by atoms with Gasteiger partial charge in [0.1, 0.15) is 5.75 Å². The summed E-state index contributed by atoms with van der Waals surface area (Å²) in [6, 6.07) is 4.05. The average molecular weight is 228 g/mol. The second-order valence-corrected chi connectivity index (χ2v) is 3.87. The molecule has 0 atom stereocenters. The highest BCUT2D eigenvalue weighted by atomic mass is 35.5. The summed E-state index contributed by atoms with van der Waals surface area (Å²) in [4.78, 5) is 0. The Hall–Kier alpha value is -0.730. The molecule has 0 aromatic heterocycles. The van der Waals surface area contributed by atoms with Crippen LogP contribution >= 0.6 is 11.6 Å². The van der Waals surface area contributed by atoms with Gasteiger partial charge in [-0.05, 0) is 49.7 Å². The van der Waals surface area contributed by atoms with E-state index < -0.39 is 0 Å². The van der Waals surface area contributed by atoms with Crippen molar-refractivity contribution in [3.63, 3.8) is 0 Å². The Morgan fingerprint density at radius 2 is 2.07 bits per heavy atom. The number of methoxy groups -OCH3 is 1. The molecule has 0 aliphatic carbocycles.